The molecule has 0 nitrogen and oxygen atoms in total. The Balaban J connectivity index is 2.74. The molecule has 0 aliphatic carbocycles. The quantitative estimate of drug-likeness (QED) is 0.406. The number of hydrogen-bond acceptors (Lipinski definition) is 0. The number of alkyl halides is 6. The highest BCUT2D eigenvalue weighted by Gasteiger charge is 2.67. The highest BCUT2D eigenvalue weighted by molar-refractivity contribution is 6.35. The molecule has 0 radical (unpaired) electrons. The summed E-state index contributed by atoms with van der Waals surface area (Å²) >= 11 is 11.9. The number of rotatable bonds is 6. The fourth-order valence-corrected chi connectivity index (χ4v) is 3.13. The van der Waals surface area contributed by atoms with Gasteiger partial charge >= 0.3 is 12.4 Å². The molecule has 0 amide bonds. The molecule has 148 valence electrons. The molecule has 0 saturated carbocycles. The molecule has 0 fully saturated rings. The van der Waals surface area contributed by atoms with Crippen molar-refractivity contribution in [2.75, 3.05) is 0 Å². The second-order valence-electron chi connectivity index (χ2n) is 6.72. The summed E-state index contributed by atoms with van der Waals surface area (Å²) in [5, 5.41) is 0.927. The van der Waals surface area contributed by atoms with E-state index in [-0.39, 0.29) is 13.3 Å². The van der Waals surface area contributed by atoms with E-state index in [0.717, 1.165) is 11.1 Å². The van der Waals surface area contributed by atoms with E-state index >= 15 is 0 Å². The van der Waals surface area contributed by atoms with Gasteiger partial charge in [-0.05, 0) is 62.3 Å². The molecule has 1 aromatic carbocycles. The van der Waals surface area contributed by atoms with Crippen molar-refractivity contribution >= 4 is 29.3 Å². The molecule has 0 bridgehead atoms. The Morgan fingerprint density at radius 3 is 2.08 bits per heavy atom. The largest absolute Gasteiger partial charge is 0.402 e. The molecule has 8 heteroatoms. The van der Waals surface area contributed by atoms with Gasteiger partial charge in [0.1, 0.15) is 0 Å². The van der Waals surface area contributed by atoms with Gasteiger partial charge in [0, 0.05) is 10.0 Å². The van der Waals surface area contributed by atoms with Crippen LogP contribution >= 0.6 is 23.2 Å². The Morgan fingerprint density at radius 2 is 1.58 bits per heavy atom. The Bertz CT molecular complexity index is 632. The SMILES string of the molecule is Cc1c(Cl)cc(Cl)cc1C=CCCC(C)CC(C)(C(F)(F)F)C(F)(F)F. The van der Waals surface area contributed by atoms with E-state index in [4.69, 9.17) is 23.2 Å². The summed E-state index contributed by atoms with van der Waals surface area (Å²) in [7, 11) is 0. The van der Waals surface area contributed by atoms with E-state index < -0.39 is 30.1 Å². The zero-order valence-electron chi connectivity index (χ0n) is 14.5. The monoisotopic (exact) mass is 420 g/mol. The first-order chi connectivity index (χ1) is 11.7. The van der Waals surface area contributed by atoms with Crippen LogP contribution in [0.2, 0.25) is 10.0 Å². The number of benzene rings is 1. The first-order valence-electron chi connectivity index (χ1n) is 7.94. The molecular formula is C18H20Cl2F6. The van der Waals surface area contributed by atoms with Crippen LogP contribution in [0.1, 0.15) is 44.2 Å². The van der Waals surface area contributed by atoms with Crippen LogP contribution in [0, 0.1) is 18.3 Å². The molecule has 26 heavy (non-hydrogen) atoms. The predicted octanol–water partition coefficient (Wildman–Crippen LogP) is 8.25. The molecule has 0 heterocycles. The summed E-state index contributed by atoms with van der Waals surface area (Å²) in [6.07, 6.45) is -7.73. The fourth-order valence-electron chi connectivity index (χ4n) is 2.62. The third kappa shape index (κ3) is 5.56. The molecular weight excluding hydrogens is 401 g/mol. The van der Waals surface area contributed by atoms with Gasteiger partial charge in [-0.15, -0.1) is 0 Å². The number of allylic oxidation sites excluding steroid dienone is 1. The van der Waals surface area contributed by atoms with Crippen LogP contribution < -0.4 is 0 Å². The second kappa shape index (κ2) is 8.42. The van der Waals surface area contributed by atoms with Gasteiger partial charge in [-0.25, -0.2) is 0 Å². The van der Waals surface area contributed by atoms with Crippen molar-refractivity contribution in [3.63, 3.8) is 0 Å². The van der Waals surface area contributed by atoms with Crippen molar-refractivity contribution in [2.45, 2.75) is 52.4 Å². The van der Waals surface area contributed by atoms with E-state index in [2.05, 4.69) is 0 Å². The van der Waals surface area contributed by atoms with Crippen LogP contribution in [0.5, 0.6) is 0 Å². The third-order valence-corrected chi connectivity index (χ3v) is 5.09. The number of halogens is 8. The lowest BCUT2D eigenvalue weighted by atomic mass is 9.78. The van der Waals surface area contributed by atoms with Crippen molar-refractivity contribution in [3.8, 4) is 0 Å². The lowest BCUT2D eigenvalue weighted by Gasteiger charge is -2.35. The maximum absolute atomic E-state index is 12.9. The minimum absolute atomic E-state index is 0.200. The maximum Gasteiger partial charge on any atom is 0.402 e. The molecule has 0 aliphatic heterocycles. The first kappa shape index (κ1) is 23.2. The van der Waals surface area contributed by atoms with Crippen molar-refractivity contribution in [3.05, 3.63) is 39.4 Å². The summed E-state index contributed by atoms with van der Waals surface area (Å²) in [4.78, 5) is 0. The van der Waals surface area contributed by atoms with Gasteiger partial charge in [-0.3, -0.25) is 0 Å². The van der Waals surface area contributed by atoms with E-state index in [1.54, 1.807) is 31.2 Å². The number of hydrogen-bond donors (Lipinski definition) is 0. The highest BCUT2D eigenvalue weighted by Crippen LogP contribution is 2.53. The molecule has 0 aliphatic rings. The molecule has 1 unspecified atom stereocenters. The molecule has 0 saturated heterocycles. The zero-order chi connectivity index (χ0) is 20.3. The van der Waals surface area contributed by atoms with Gasteiger partial charge < -0.3 is 0 Å². The summed E-state index contributed by atoms with van der Waals surface area (Å²) in [5.41, 5.74) is -2.16. The summed E-state index contributed by atoms with van der Waals surface area (Å²) in [6.45, 7) is 3.40. The fraction of sp³-hybridized carbons (Fsp3) is 0.556. The van der Waals surface area contributed by atoms with Crippen molar-refractivity contribution < 1.29 is 26.3 Å². The second-order valence-corrected chi connectivity index (χ2v) is 7.56. The summed E-state index contributed by atoms with van der Waals surface area (Å²) in [6, 6.07) is 3.28. The Labute approximate surface area is 159 Å². The Morgan fingerprint density at radius 1 is 1.04 bits per heavy atom. The predicted molar refractivity (Wildman–Crippen MR) is 93.5 cm³/mol. The van der Waals surface area contributed by atoms with Crippen molar-refractivity contribution in [1.29, 1.82) is 0 Å². The average molecular weight is 421 g/mol. The molecule has 0 spiro atoms. The normalized spacial score (nSPS) is 14.9. The maximum atomic E-state index is 12.9. The van der Waals surface area contributed by atoms with E-state index in [0.29, 0.717) is 16.5 Å². The van der Waals surface area contributed by atoms with Crippen molar-refractivity contribution in [1.82, 2.24) is 0 Å². The van der Waals surface area contributed by atoms with Gasteiger partial charge in [0.25, 0.3) is 0 Å². The van der Waals surface area contributed by atoms with Gasteiger partial charge in [0.15, 0.2) is 5.41 Å². The zero-order valence-corrected chi connectivity index (χ0v) is 16.0. The summed E-state index contributed by atoms with van der Waals surface area (Å²) < 4.78 is 77.6. The van der Waals surface area contributed by atoms with Crippen LogP contribution in [0.3, 0.4) is 0 Å². The van der Waals surface area contributed by atoms with Gasteiger partial charge in [-0.1, -0.05) is 42.3 Å². The Kier molecular flexibility index (Phi) is 7.50. The van der Waals surface area contributed by atoms with E-state index in [1.807, 2.05) is 0 Å². The smallest absolute Gasteiger partial charge is 0.170 e. The van der Waals surface area contributed by atoms with Crippen LogP contribution in [-0.4, -0.2) is 12.4 Å². The van der Waals surface area contributed by atoms with E-state index in [9.17, 15) is 26.3 Å². The lowest BCUT2D eigenvalue weighted by molar-refractivity contribution is -0.339. The molecule has 1 rings (SSSR count). The van der Waals surface area contributed by atoms with E-state index in [1.165, 1.54) is 6.92 Å². The minimum atomic E-state index is -5.34. The van der Waals surface area contributed by atoms with Crippen LogP contribution in [-0.2, 0) is 0 Å². The van der Waals surface area contributed by atoms with Gasteiger partial charge in [0.2, 0.25) is 0 Å². The topological polar surface area (TPSA) is 0 Å². The molecule has 0 aromatic heterocycles. The minimum Gasteiger partial charge on any atom is -0.170 e. The lowest BCUT2D eigenvalue weighted by Crippen LogP contribution is -2.48. The van der Waals surface area contributed by atoms with Gasteiger partial charge in [0.05, 0.1) is 0 Å². The van der Waals surface area contributed by atoms with Crippen LogP contribution in [0.15, 0.2) is 18.2 Å². The van der Waals surface area contributed by atoms with Crippen LogP contribution in [0.4, 0.5) is 26.3 Å². The molecule has 1 aromatic rings. The van der Waals surface area contributed by atoms with Gasteiger partial charge in [-0.2, -0.15) is 26.3 Å². The summed E-state index contributed by atoms with van der Waals surface area (Å²) in [5.74, 6) is -0.753. The third-order valence-electron chi connectivity index (χ3n) is 4.48. The van der Waals surface area contributed by atoms with Crippen LogP contribution in [0.25, 0.3) is 6.08 Å². The Hall–Kier alpha value is -0.880. The average Bonchev–Trinajstić information content (AvgIpc) is 2.45. The molecule has 0 N–H and O–H groups in total. The first-order valence-corrected chi connectivity index (χ1v) is 8.70. The highest BCUT2D eigenvalue weighted by atomic mass is 35.5. The standard InChI is InChI=1S/C18H20Cl2F6/c1-11(10-16(3,17(21,22)23)18(24,25)26)6-4-5-7-13-8-14(19)9-15(20)12(13)2/h5,7-9,11H,4,6,10H2,1-3H3. The van der Waals surface area contributed by atoms with Crippen molar-refractivity contribution in [2.24, 2.45) is 11.3 Å². The molecule has 1 atom stereocenters.